The Bertz CT molecular complexity index is 727. The number of carboxylic acid groups (broad SMARTS) is 1. The molecule has 7 heteroatoms. The van der Waals surface area contributed by atoms with Crippen LogP contribution in [0.3, 0.4) is 0 Å². The first-order valence-electron chi connectivity index (χ1n) is 7.01. The lowest BCUT2D eigenvalue weighted by atomic mass is 9.95. The maximum absolute atomic E-state index is 12.8. The van der Waals surface area contributed by atoms with Crippen molar-refractivity contribution in [2.75, 3.05) is 12.8 Å². The van der Waals surface area contributed by atoms with Crippen molar-refractivity contribution >= 4 is 41.6 Å². The minimum Gasteiger partial charge on any atom is -0.508 e. The number of hydrogen-bond acceptors (Lipinski definition) is 3. The van der Waals surface area contributed by atoms with E-state index in [0.717, 1.165) is 5.57 Å². The molecule has 0 bridgehead atoms. The molecule has 23 heavy (non-hydrogen) atoms. The summed E-state index contributed by atoms with van der Waals surface area (Å²) in [5, 5.41) is 18.7. The van der Waals surface area contributed by atoms with Crippen LogP contribution in [0.5, 0.6) is 5.75 Å². The van der Waals surface area contributed by atoms with Crippen LogP contribution in [-0.2, 0) is 9.36 Å². The first-order valence-corrected chi connectivity index (χ1v) is 10.2. The summed E-state index contributed by atoms with van der Waals surface area (Å²) in [6.07, 6.45) is 4.08. The largest absolute Gasteiger partial charge is 0.508 e. The van der Waals surface area contributed by atoms with Crippen molar-refractivity contribution in [2.45, 2.75) is 11.8 Å². The second kappa shape index (κ2) is 7.12. The predicted molar refractivity (Wildman–Crippen MR) is 93.5 cm³/mol. The van der Waals surface area contributed by atoms with E-state index in [1.165, 1.54) is 12.1 Å². The van der Waals surface area contributed by atoms with Gasteiger partial charge in [0.05, 0.1) is 5.38 Å². The summed E-state index contributed by atoms with van der Waals surface area (Å²) < 4.78 is 12.8. The second-order valence-electron chi connectivity index (χ2n) is 5.63. The molecule has 0 aromatic heterocycles. The third-order valence-corrected chi connectivity index (χ3v) is 6.95. The molecule has 0 radical (unpaired) electrons. The van der Waals surface area contributed by atoms with E-state index in [1.807, 2.05) is 0 Å². The summed E-state index contributed by atoms with van der Waals surface area (Å²) in [6.45, 7) is 1.66. The van der Waals surface area contributed by atoms with Crippen LogP contribution in [0.25, 0.3) is 0 Å². The number of aliphatic carboxylic acids is 1. The summed E-state index contributed by atoms with van der Waals surface area (Å²) in [7, 11) is -2.64. The van der Waals surface area contributed by atoms with Gasteiger partial charge in [0, 0.05) is 16.5 Å². The van der Waals surface area contributed by atoms with Gasteiger partial charge in [0.1, 0.15) is 18.8 Å². The first kappa shape index (κ1) is 18.1. The topological polar surface area (TPSA) is 74.6 Å². The molecule has 0 fully saturated rings. The molecule has 0 saturated carbocycles. The lowest BCUT2D eigenvalue weighted by Gasteiger charge is -2.22. The van der Waals surface area contributed by atoms with Gasteiger partial charge in [-0.3, -0.25) is 4.79 Å². The molecule has 4 nitrogen and oxygen atoms in total. The molecule has 124 valence electrons. The van der Waals surface area contributed by atoms with Gasteiger partial charge in [-0.1, -0.05) is 29.8 Å². The highest BCUT2D eigenvalue weighted by atomic mass is 35.5. The van der Waals surface area contributed by atoms with E-state index < -0.39 is 24.4 Å². The van der Waals surface area contributed by atoms with Crippen LogP contribution in [0.4, 0.5) is 0 Å². The molecule has 0 heterocycles. The molecule has 3 atom stereocenters. The number of benzene rings is 1. The van der Waals surface area contributed by atoms with Gasteiger partial charge < -0.3 is 14.8 Å². The fourth-order valence-corrected chi connectivity index (χ4v) is 5.03. The molecule has 0 amide bonds. The number of hydrogen-bond donors (Lipinski definition) is 2. The Hall–Kier alpha value is -1.22. The van der Waals surface area contributed by atoms with Crippen molar-refractivity contribution in [1.82, 2.24) is 0 Å². The van der Waals surface area contributed by atoms with Crippen molar-refractivity contribution in [3.05, 3.63) is 47.0 Å². The van der Waals surface area contributed by atoms with Crippen LogP contribution in [0, 0.1) is 5.92 Å². The fraction of sp³-hybridized carbons (Fsp3) is 0.312. The van der Waals surface area contributed by atoms with E-state index in [0.29, 0.717) is 17.9 Å². The average Bonchev–Trinajstić information content (AvgIpc) is 2.44. The van der Waals surface area contributed by atoms with Crippen LogP contribution < -0.4 is 5.30 Å². The first-order chi connectivity index (χ1) is 10.7. The van der Waals surface area contributed by atoms with Crippen molar-refractivity contribution in [3.8, 4) is 5.75 Å². The van der Waals surface area contributed by atoms with E-state index in [4.69, 9.17) is 28.3 Å². The maximum atomic E-state index is 12.8. The average molecular weight is 375 g/mol. The van der Waals surface area contributed by atoms with Gasteiger partial charge in [-0.2, -0.15) is 0 Å². The summed E-state index contributed by atoms with van der Waals surface area (Å²) in [6, 6.07) is 6.41. The monoisotopic (exact) mass is 374 g/mol. The van der Waals surface area contributed by atoms with Gasteiger partial charge in [-0.05, 0) is 36.9 Å². The molecule has 1 aromatic carbocycles. The standard InChI is InChI=1S/C16H17Cl2O4P/c1-23(22,12-4-2-3-11(19)9-12)6-5-10-7-13(17)15(16(20)21)14(18)8-10/h2-4,7-9,13,15,19H,5-6H2,1H3,(H,20,21). The fourth-order valence-electron chi connectivity index (χ4n) is 2.44. The number of phenolic OH excluding ortho intramolecular Hbond substituents is 1. The number of halogens is 2. The van der Waals surface area contributed by atoms with Crippen LogP contribution in [0.2, 0.25) is 0 Å². The zero-order valence-corrected chi connectivity index (χ0v) is 14.9. The molecule has 0 aliphatic heterocycles. The predicted octanol–water partition coefficient (Wildman–Crippen LogP) is 3.77. The highest BCUT2D eigenvalue weighted by Crippen LogP contribution is 2.43. The van der Waals surface area contributed by atoms with E-state index in [-0.39, 0.29) is 10.8 Å². The Morgan fingerprint density at radius 1 is 1.39 bits per heavy atom. The molecular formula is C16H17Cl2O4P. The lowest BCUT2D eigenvalue weighted by Crippen LogP contribution is -2.25. The molecule has 0 saturated heterocycles. The van der Waals surface area contributed by atoms with Gasteiger partial charge >= 0.3 is 5.97 Å². The molecule has 1 aliphatic carbocycles. The van der Waals surface area contributed by atoms with Crippen LogP contribution >= 0.6 is 30.3 Å². The highest BCUT2D eigenvalue weighted by molar-refractivity contribution is 7.70. The Morgan fingerprint density at radius 2 is 2.09 bits per heavy atom. The van der Waals surface area contributed by atoms with Gasteiger partial charge in [-0.15, -0.1) is 11.6 Å². The van der Waals surface area contributed by atoms with Crippen LogP contribution in [-0.4, -0.2) is 34.4 Å². The highest BCUT2D eigenvalue weighted by Gasteiger charge is 2.31. The summed E-state index contributed by atoms with van der Waals surface area (Å²) in [5.74, 6) is -1.93. The molecule has 2 N–H and O–H groups in total. The van der Waals surface area contributed by atoms with E-state index >= 15 is 0 Å². The van der Waals surface area contributed by atoms with Crippen molar-refractivity contribution < 1.29 is 19.6 Å². The second-order valence-corrected chi connectivity index (χ2v) is 9.73. The number of carbonyl (C=O) groups is 1. The van der Waals surface area contributed by atoms with Crippen molar-refractivity contribution in [3.63, 3.8) is 0 Å². The number of rotatable bonds is 5. The molecule has 0 spiro atoms. The third kappa shape index (κ3) is 4.41. The SMILES string of the molecule is CP(=O)(CCC1=CC(Cl)C(C(=O)O)C(Cl)=C1)c1cccc(O)c1. The molecule has 1 aromatic rings. The Labute approximate surface area is 144 Å². The molecule has 3 unspecified atom stereocenters. The van der Waals surface area contributed by atoms with Gasteiger partial charge in [0.2, 0.25) is 0 Å². The third-order valence-electron chi connectivity index (χ3n) is 3.78. The van der Waals surface area contributed by atoms with E-state index in [1.54, 1.807) is 30.9 Å². The lowest BCUT2D eigenvalue weighted by molar-refractivity contribution is -0.140. The van der Waals surface area contributed by atoms with Crippen LogP contribution in [0.15, 0.2) is 47.0 Å². The Morgan fingerprint density at radius 3 is 2.65 bits per heavy atom. The Balaban J connectivity index is 2.11. The number of aromatic hydroxyl groups is 1. The molecule has 2 rings (SSSR count). The van der Waals surface area contributed by atoms with Gasteiger partial charge in [-0.25, -0.2) is 0 Å². The summed E-state index contributed by atoms with van der Waals surface area (Å²) >= 11 is 12.1. The smallest absolute Gasteiger partial charge is 0.313 e. The maximum Gasteiger partial charge on any atom is 0.313 e. The quantitative estimate of drug-likeness (QED) is 0.607. The van der Waals surface area contributed by atoms with Gasteiger partial charge in [0.25, 0.3) is 0 Å². The number of carboxylic acids is 1. The van der Waals surface area contributed by atoms with E-state index in [2.05, 4.69) is 0 Å². The zero-order valence-electron chi connectivity index (χ0n) is 12.4. The summed E-state index contributed by atoms with van der Waals surface area (Å²) in [5.41, 5.74) is 0.773. The number of alkyl halides is 1. The summed E-state index contributed by atoms with van der Waals surface area (Å²) in [4.78, 5) is 11.1. The zero-order chi connectivity index (χ0) is 17.2. The van der Waals surface area contributed by atoms with E-state index in [9.17, 15) is 14.5 Å². The molecule has 1 aliphatic rings. The normalized spacial score (nSPS) is 23.6. The van der Waals surface area contributed by atoms with Crippen LogP contribution in [0.1, 0.15) is 6.42 Å². The van der Waals surface area contributed by atoms with Gasteiger partial charge in [0.15, 0.2) is 0 Å². The molecular weight excluding hydrogens is 358 g/mol. The number of allylic oxidation sites excluding steroid dienone is 3. The minimum absolute atomic E-state index is 0.0783. The Kier molecular flexibility index (Phi) is 5.61. The van der Waals surface area contributed by atoms with Crippen molar-refractivity contribution in [2.24, 2.45) is 5.92 Å². The number of phenols is 1. The van der Waals surface area contributed by atoms with Crippen molar-refractivity contribution in [1.29, 1.82) is 0 Å². The minimum atomic E-state index is -2.64.